The van der Waals surface area contributed by atoms with Gasteiger partial charge in [-0.25, -0.2) is 0 Å². The summed E-state index contributed by atoms with van der Waals surface area (Å²) in [6.07, 6.45) is 3.75. The standard InChI is InChI=1S/C17H17N/c1-3-7-15-12(5-1)11-13-6-2-4-8-16(13)17(15)18-14-9-10-14/h1-8,14,17-18H,9-11H2. The van der Waals surface area contributed by atoms with Crippen LogP contribution in [0.3, 0.4) is 0 Å². The predicted molar refractivity (Wildman–Crippen MR) is 73.7 cm³/mol. The molecule has 4 rings (SSSR count). The van der Waals surface area contributed by atoms with Gasteiger partial charge in [0.15, 0.2) is 0 Å². The van der Waals surface area contributed by atoms with E-state index < -0.39 is 0 Å². The molecular weight excluding hydrogens is 218 g/mol. The summed E-state index contributed by atoms with van der Waals surface area (Å²) in [6.45, 7) is 0. The molecule has 1 fully saturated rings. The SMILES string of the molecule is c1ccc2c(c1)Cc1ccccc1C2NC1CC1. The number of fused-ring (bicyclic) bond motifs is 2. The van der Waals surface area contributed by atoms with E-state index in [1.54, 1.807) is 0 Å². The van der Waals surface area contributed by atoms with Crippen LogP contribution in [0.1, 0.15) is 41.1 Å². The number of hydrogen-bond donors (Lipinski definition) is 1. The van der Waals surface area contributed by atoms with E-state index in [0.717, 1.165) is 12.5 Å². The Morgan fingerprint density at radius 3 is 1.89 bits per heavy atom. The van der Waals surface area contributed by atoms with Crippen LogP contribution in [-0.2, 0) is 6.42 Å². The van der Waals surface area contributed by atoms with Crippen molar-refractivity contribution in [3.8, 4) is 0 Å². The highest BCUT2D eigenvalue weighted by Gasteiger charge is 2.30. The highest BCUT2D eigenvalue weighted by Crippen LogP contribution is 2.37. The molecule has 0 saturated heterocycles. The summed E-state index contributed by atoms with van der Waals surface area (Å²) in [5.74, 6) is 0. The molecule has 0 aromatic heterocycles. The first kappa shape index (κ1) is 10.3. The van der Waals surface area contributed by atoms with E-state index in [-0.39, 0.29) is 0 Å². The first-order valence-electron chi connectivity index (χ1n) is 6.83. The van der Waals surface area contributed by atoms with E-state index in [1.807, 2.05) is 0 Å². The van der Waals surface area contributed by atoms with E-state index in [9.17, 15) is 0 Å². The third kappa shape index (κ3) is 1.67. The Morgan fingerprint density at radius 2 is 1.33 bits per heavy atom. The minimum atomic E-state index is 0.402. The van der Waals surface area contributed by atoms with Gasteiger partial charge in [0.25, 0.3) is 0 Å². The number of hydrogen-bond acceptors (Lipinski definition) is 1. The number of rotatable bonds is 2. The van der Waals surface area contributed by atoms with Gasteiger partial charge in [-0.2, -0.15) is 0 Å². The van der Waals surface area contributed by atoms with E-state index in [0.29, 0.717) is 6.04 Å². The normalized spacial score (nSPS) is 18.2. The highest BCUT2D eigenvalue weighted by atomic mass is 15.0. The van der Waals surface area contributed by atoms with Gasteiger partial charge in [0.1, 0.15) is 0 Å². The van der Waals surface area contributed by atoms with Crippen LogP contribution in [-0.4, -0.2) is 6.04 Å². The fourth-order valence-corrected chi connectivity index (χ4v) is 2.99. The molecule has 2 aromatic carbocycles. The zero-order valence-electron chi connectivity index (χ0n) is 10.4. The summed E-state index contributed by atoms with van der Waals surface area (Å²) in [7, 11) is 0. The summed E-state index contributed by atoms with van der Waals surface area (Å²) in [5.41, 5.74) is 5.91. The Labute approximate surface area is 108 Å². The molecule has 1 heteroatoms. The minimum Gasteiger partial charge on any atom is -0.303 e. The van der Waals surface area contributed by atoms with Gasteiger partial charge in [0, 0.05) is 6.04 Å². The molecule has 2 aliphatic carbocycles. The van der Waals surface area contributed by atoms with Crippen molar-refractivity contribution >= 4 is 0 Å². The van der Waals surface area contributed by atoms with Crippen molar-refractivity contribution in [2.24, 2.45) is 0 Å². The van der Waals surface area contributed by atoms with Crippen LogP contribution in [0.2, 0.25) is 0 Å². The highest BCUT2D eigenvalue weighted by molar-refractivity contribution is 5.48. The van der Waals surface area contributed by atoms with E-state index in [1.165, 1.54) is 35.1 Å². The Bertz CT molecular complexity index is 538. The molecule has 2 aromatic rings. The number of nitrogens with one attached hydrogen (secondary N) is 1. The van der Waals surface area contributed by atoms with Crippen LogP contribution < -0.4 is 5.32 Å². The molecule has 1 saturated carbocycles. The monoisotopic (exact) mass is 235 g/mol. The first-order valence-corrected chi connectivity index (χ1v) is 6.83. The fourth-order valence-electron chi connectivity index (χ4n) is 2.99. The van der Waals surface area contributed by atoms with Crippen LogP contribution >= 0.6 is 0 Å². The lowest BCUT2D eigenvalue weighted by Gasteiger charge is -2.29. The van der Waals surface area contributed by atoms with Gasteiger partial charge in [0.2, 0.25) is 0 Å². The summed E-state index contributed by atoms with van der Waals surface area (Å²) in [5, 5.41) is 3.81. The van der Waals surface area contributed by atoms with Crippen LogP contribution in [0.25, 0.3) is 0 Å². The largest absolute Gasteiger partial charge is 0.303 e. The lowest BCUT2D eigenvalue weighted by molar-refractivity contribution is 0.585. The average molecular weight is 235 g/mol. The van der Waals surface area contributed by atoms with Gasteiger partial charge < -0.3 is 5.32 Å². The summed E-state index contributed by atoms with van der Waals surface area (Å²) in [6, 6.07) is 18.9. The molecule has 0 bridgehead atoms. The quantitative estimate of drug-likeness (QED) is 0.841. The van der Waals surface area contributed by atoms with Crippen LogP contribution in [0.15, 0.2) is 48.5 Å². The molecule has 0 spiro atoms. The number of benzene rings is 2. The minimum absolute atomic E-state index is 0.402. The van der Waals surface area contributed by atoms with E-state index >= 15 is 0 Å². The molecule has 0 heterocycles. The Morgan fingerprint density at radius 1 is 0.778 bits per heavy atom. The average Bonchev–Trinajstić information content (AvgIpc) is 3.22. The maximum atomic E-state index is 3.81. The molecule has 0 unspecified atom stereocenters. The second-order valence-electron chi connectivity index (χ2n) is 5.45. The van der Waals surface area contributed by atoms with Gasteiger partial charge in [-0.1, -0.05) is 48.5 Å². The van der Waals surface area contributed by atoms with Crippen molar-refractivity contribution in [3.05, 3.63) is 70.8 Å². The van der Waals surface area contributed by atoms with Crippen molar-refractivity contribution in [2.45, 2.75) is 31.3 Å². The van der Waals surface area contributed by atoms with Crippen molar-refractivity contribution < 1.29 is 0 Å². The van der Waals surface area contributed by atoms with Crippen LogP contribution in [0.4, 0.5) is 0 Å². The zero-order valence-corrected chi connectivity index (χ0v) is 10.4. The molecule has 0 amide bonds. The van der Waals surface area contributed by atoms with Crippen molar-refractivity contribution in [2.75, 3.05) is 0 Å². The van der Waals surface area contributed by atoms with Gasteiger partial charge in [-0.05, 0) is 41.5 Å². The fraction of sp³-hybridized carbons (Fsp3) is 0.294. The molecule has 0 aliphatic heterocycles. The predicted octanol–water partition coefficient (Wildman–Crippen LogP) is 3.43. The molecule has 1 N–H and O–H groups in total. The summed E-state index contributed by atoms with van der Waals surface area (Å²) in [4.78, 5) is 0. The maximum Gasteiger partial charge on any atom is 0.0584 e. The molecule has 90 valence electrons. The maximum absolute atomic E-state index is 3.81. The second-order valence-corrected chi connectivity index (χ2v) is 5.45. The van der Waals surface area contributed by atoms with Crippen molar-refractivity contribution in [1.82, 2.24) is 5.32 Å². The summed E-state index contributed by atoms with van der Waals surface area (Å²) < 4.78 is 0. The van der Waals surface area contributed by atoms with E-state index in [2.05, 4.69) is 53.8 Å². The van der Waals surface area contributed by atoms with Crippen LogP contribution in [0, 0.1) is 0 Å². The third-order valence-electron chi connectivity index (χ3n) is 4.09. The molecule has 2 aliphatic rings. The Balaban J connectivity index is 1.83. The van der Waals surface area contributed by atoms with Crippen LogP contribution in [0.5, 0.6) is 0 Å². The van der Waals surface area contributed by atoms with Gasteiger partial charge in [-0.15, -0.1) is 0 Å². The topological polar surface area (TPSA) is 12.0 Å². The zero-order chi connectivity index (χ0) is 11.9. The molecule has 0 radical (unpaired) electrons. The molecular formula is C17H17N. The van der Waals surface area contributed by atoms with Gasteiger partial charge >= 0.3 is 0 Å². The van der Waals surface area contributed by atoms with Gasteiger partial charge in [-0.3, -0.25) is 0 Å². The smallest absolute Gasteiger partial charge is 0.0584 e. The molecule has 0 atom stereocenters. The summed E-state index contributed by atoms with van der Waals surface area (Å²) >= 11 is 0. The third-order valence-corrected chi connectivity index (χ3v) is 4.09. The van der Waals surface area contributed by atoms with Crippen molar-refractivity contribution in [1.29, 1.82) is 0 Å². The van der Waals surface area contributed by atoms with Gasteiger partial charge in [0.05, 0.1) is 6.04 Å². The second kappa shape index (κ2) is 3.96. The van der Waals surface area contributed by atoms with E-state index in [4.69, 9.17) is 0 Å². The molecule has 1 nitrogen and oxygen atoms in total. The lowest BCUT2D eigenvalue weighted by Crippen LogP contribution is -2.28. The lowest BCUT2D eigenvalue weighted by atomic mass is 9.82. The Kier molecular flexibility index (Phi) is 2.27. The molecule has 18 heavy (non-hydrogen) atoms. The Hall–Kier alpha value is -1.60. The first-order chi connectivity index (χ1) is 8.92. The van der Waals surface area contributed by atoms with Crippen molar-refractivity contribution in [3.63, 3.8) is 0 Å².